The highest BCUT2D eigenvalue weighted by atomic mass is 35.5. The second-order valence-corrected chi connectivity index (χ2v) is 4.22. The highest BCUT2D eigenvalue weighted by Gasteiger charge is 2.12. The summed E-state index contributed by atoms with van der Waals surface area (Å²) in [7, 11) is 0. The number of hydrogen-bond acceptors (Lipinski definition) is 3. The van der Waals surface area contributed by atoms with Crippen molar-refractivity contribution in [2.45, 2.75) is 0 Å². The summed E-state index contributed by atoms with van der Waals surface area (Å²) in [6, 6.07) is 9.16. The van der Waals surface area contributed by atoms with Crippen LogP contribution >= 0.6 is 23.2 Å². The van der Waals surface area contributed by atoms with Gasteiger partial charge in [-0.3, -0.25) is 4.79 Å². The van der Waals surface area contributed by atoms with Crippen LogP contribution in [0.15, 0.2) is 36.4 Å². The number of carbonyl (C=O) groups is 1. The molecule has 1 aromatic heterocycles. The van der Waals surface area contributed by atoms with Gasteiger partial charge in [-0.15, -0.1) is 0 Å². The molecule has 6 heteroatoms. The van der Waals surface area contributed by atoms with Crippen molar-refractivity contribution in [3.8, 4) is 5.75 Å². The summed E-state index contributed by atoms with van der Waals surface area (Å²) in [6.45, 7) is 0. The van der Waals surface area contributed by atoms with Gasteiger partial charge in [0.15, 0.2) is 0 Å². The number of hydrogen-bond donors (Lipinski definition) is 2. The Bertz CT molecular complexity index is 602. The molecule has 1 amide bonds. The lowest BCUT2D eigenvalue weighted by Gasteiger charge is -2.06. The van der Waals surface area contributed by atoms with Crippen molar-refractivity contribution < 1.29 is 9.90 Å². The number of nitrogens with one attached hydrogen (secondary N) is 1. The normalized spacial score (nSPS) is 10.1. The predicted octanol–water partition coefficient (Wildman–Crippen LogP) is 3.35. The number of carbonyl (C=O) groups excluding carboxylic acids is 1. The van der Waals surface area contributed by atoms with E-state index in [2.05, 4.69) is 10.3 Å². The zero-order valence-electron chi connectivity index (χ0n) is 9.02. The summed E-state index contributed by atoms with van der Waals surface area (Å²) >= 11 is 11.5. The minimum atomic E-state index is -0.422. The SMILES string of the molecule is O=C(Nc1cccc(O)c1)c1ccc(Cl)nc1Cl. The Hall–Kier alpha value is -1.78. The first-order valence-electron chi connectivity index (χ1n) is 4.98. The van der Waals surface area contributed by atoms with E-state index in [1.54, 1.807) is 12.1 Å². The van der Waals surface area contributed by atoms with Crippen LogP contribution in [0.3, 0.4) is 0 Å². The second-order valence-electron chi connectivity index (χ2n) is 3.48. The molecule has 1 heterocycles. The standard InChI is InChI=1S/C12H8Cl2N2O2/c13-10-5-4-9(11(14)16-10)12(18)15-7-2-1-3-8(17)6-7/h1-6,17H,(H,15,18). The number of aromatic hydroxyl groups is 1. The zero-order chi connectivity index (χ0) is 13.1. The monoisotopic (exact) mass is 282 g/mol. The van der Waals surface area contributed by atoms with E-state index >= 15 is 0 Å². The van der Waals surface area contributed by atoms with Gasteiger partial charge in [-0.1, -0.05) is 29.3 Å². The Labute approximate surface area is 113 Å². The molecule has 0 aliphatic rings. The summed E-state index contributed by atoms with van der Waals surface area (Å²) in [5.74, 6) is -0.358. The minimum Gasteiger partial charge on any atom is -0.508 e. The van der Waals surface area contributed by atoms with Crippen LogP contribution in [0, 0.1) is 0 Å². The van der Waals surface area contributed by atoms with Crippen molar-refractivity contribution in [1.29, 1.82) is 0 Å². The number of phenols is 1. The molecule has 18 heavy (non-hydrogen) atoms. The maximum absolute atomic E-state index is 11.9. The molecule has 0 aliphatic carbocycles. The molecule has 0 unspecified atom stereocenters. The minimum absolute atomic E-state index is 0.0279. The fourth-order valence-corrected chi connectivity index (χ4v) is 1.79. The van der Waals surface area contributed by atoms with Crippen LogP contribution in [0.25, 0.3) is 0 Å². The van der Waals surface area contributed by atoms with E-state index in [9.17, 15) is 9.90 Å². The Morgan fingerprint density at radius 1 is 1.22 bits per heavy atom. The van der Waals surface area contributed by atoms with Crippen molar-refractivity contribution in [2.24, 2.45) is 0 Å². The molecule has 2 N–H and O–H groups in total. The summed E-state index contributed by atoms with van der Waals surface area (Å²) in [6.07, 6.45) is 0. The van der Waals surface area contributed by atoms with Crippen LogP contribution in [-0.4, -0.2) is 16.0 Å². The largest absolute Gasteiger partial charge is 0.508 e. The lowest BCUT2D eigenvalue weighted by Crippen LogP contribution is -2.12. The van der Waals surface area contributed by atoms with Crippen molar-refractivity contribution >= 4 is 34.8 Å². The maximum atomic E-state index is 11.9. The van der Waals surface area contributed by atoms with Crippen molar-refractivity contribution in [3.63, 3.8) is 0 Å². The number of pyridine rings is 1. The van der Waals surface area contributed by atoms with Gasteiger partial charge in [-0.2, -0.15) is 0 Å². The first-order chi connectivity index (χ1) is 8.56. The third kappa shape index (κ3) is 2.91. The van der Waals surface area contributed by atoms with Crippen LogP contribution < -0.4 is 5.32 Å². The van der Waals surface area contributed by atoms with Gasteiger partial charge in [0.2, 0.25) is 0 Å². The van der Waals surface area contributed by atoms with Crippen LogP contribution in [-0.2, 0) is 0 Å². The Morgan fingerprint density at radius 3 is 2.67 bits per heavy atom. The van der Waals surface area contributed by atoms with Crippen LogP contribution in [0.5, 0.6) is 5.75 Å². The smallest absolute Gasteiger partial charge is 0.258 e. The Morgan fingerprint density at radius 2 is 2.00 bits per heavy atom. The lowest BCUT2D eigenvalue weighted by molar-refractivity contribution is 0.102. The molecule has 0 saturated carbocycles. The molecule has 4 nitrogen and oxygen atoms in total. The number of nitrogens with zero attached hydrogens (tertiary/aromatic N) is 1. The molecule has 2 rings (SSSR count). The van der Waals surface area contributed by atoms with Crippen LogP contribution in [0.2, 0.25) is 10.3 Å². The van der Waals surface area contributed by atoms with Gasteiger partial charge in [0, 0.05) is 11.8 Å². The molecule has 0 atom stereocenters. The molecule has 0 bridgehead atoms. The average Bonchev–Trinajstić information content (AvgIpc) is 2.28. The lowest BCUT2D eigenvalue weighted by atomic mass is 10.2. The molecular weight excluding hydrogens is 275 g/mol. The Kier molecular flexibility index (Phi) is 3.69. The van der Waals surface area contributed by atoms with Gasteiger partial charge in [0.05, 0.1) is 5.56 Å². The quantitative estimate of drug-likeness (QED) is 0.831. The molecule has 0 saturated heterocycles. The average molecular weight is 283 g/mol. The van der Waals surface area contributed by atoms with Gasteiger partial charge in [0.25, 0.3) is 5.91 Å². The van der Waals surface area contributed by atoms with E-state index in [0.717, 1.165) is 0 Å². The number of amides is 1. The van der Waals surface area contributed by atoms with Gasteiger partial charge in [-0.25, -0.2) is 4.98 Å². The number of anilines is 1. The highest BCUT2D eigenvalue weighted by Crippen LogP contribution is 2.20. The van der Waals surface area contributed by atoms with Crippen LogP contribution in [0.4, 0.5) is 5.69 Å². The van der Waals surface area contributed by atoms with E-state index in [1.807, 2.05) is 0 Å². The van der Waals surface area contributed by atoms with Crippen LogP contribution in [0.1, 0.15) is 10.4 Å². The molecule has 0 aliphatic heterocycles. The molecular formula is C12H8Cl2N2O2. The highest BCUT2D eigenvalue weighted by molar-refractivity contribution is 6.35. The molecule has 0 spiro atoms. The molecule has 1 aromatic carbocycles. The molecule has 92 valence electrons. The van der Waals surface area contributed by atoms with E-state index in [0.29, 0.717) is 5.69 Å². The van der Waals surface area contributed by atoms with Crippen molar-refractivity contribution in [2.75, 3.05) is 5.32 Å². The molecule has 0 radical (unpaired) electrons. The summed E-state index contributed by atoms with van der Waals surface area (Å²) in [5, 5.41) is 12.1. The van der Waals surface area contributed by atoms with E-state index < -0.39 is 5.91 Å². The zero-order valence-corrected chi connectivity index (χ0v) is 10.5. The molecule has 0 fully saturated rings. The topological polar surface area (TPSA) is 62.2 Å². The summed E-state index contributed by atoms with van der Waals surface area (Å²) in [5.41, 5.74) is 0.676. The van der Waals surface area contributed by atoms with Gasteiger partial charge in [0.1, 0.15) is 16.1 Å². The van der Waals surface area contributed by atoms with E-state index in [-0.39, 0.29) is 21.6 Å². The maximum Gasteiger partial charge on any atom is 0.258 e. The fourth-order valence-electron chi connectivity index (χ4n) is 1.36. The predicted molar refractivity (Wildman–Crippen MR) is 70.3 cm³/mol. The first-order valence-corrected chi connectivity index (χ1v) is 5.74. The number of aromatic nitrogens is 1. The fraction of sp³-hybridized carbons (Fsp3) is 0. The van der Waals surface area contributed by atoms with E-state index in [1.165, 1.54) is 24.3 Å². The summed E-state index contributed by atoms with van der Waals surface area (Å²) in [4.78, 5) is 15.7. The number of benzene rings is 1. The third-order valence-corrected chi connectivity index (χ3v) is 2.66. The molecule has 2 aromatic rings. The Balaban J connectivity index is 2.22. The van der Waals surface area contributed by atoms with Gasteiger partial charge in [-0.05, 0) is 24.3 Å². The van der Waals surface area contributed by atoms with E-state index in [4.69, 9.17) is 23.2 Å². The summed E-state index contributed by atoms with van der Waals surface area (Å²) < 4.78 is 0. The van der Waals surface area contributed by atoms with Crippen molar-refractivity contribution in [1.82, 2.24) is 4.98 Å². The van der Waals surface area contributed by atoms with Gasteiger partial charge >= 0.3 is 0 Å². The number of halogens is 2. The third-order valence-electron chi connectivity index (χ3n) is 2.16. The second kappa shape index (κ2) is 5.25. The number of rotatable bonds is 2. The van der Waals surface area contributed by atoms with Crippen molar-refractivity contribution in [3.05, 3.63) is 52.3 Å². The number of phenolic OH excluding ortho intramolecular Hbond substituents is 1. The van der Waals surface area contributed by atoms with Gasteiger partial charge < -0.3 is 10.4 Å². The first kappa shape index (κ1) is 12.7.